The van der Waals surface area contributed by atoms with Crippen molar-refractivity contribution in [2.24, 2.45) is 0 Å². The van der Waals surface area contributed by atoms with Gasteiger partial charge in [0.15, 0.2) is 17.2 Å². The van der Waals surface area contributed by atoms with Crippen molar-refractivity contribution < 1.29 is 30.3 Å². The van der Waals surface area contributed by atoms with Gasteiger partial charge in [0.1, 0.15) is 0 Å². The normalized spacial score (nSPS) is 8.93. The minimum absolute atomic E-state index is 0. The van der Waals surface area contributed by atoms with E-state index in [1.54, 1.807) is 0 Å². The minimum atomic E-state index is -1.15. The van der Waals surface area contributed by atoms with Crippen molar-refractivity contribution in [2.75, 3.05) is 0 Å². The summed E-state index contributed by atoms with van der Waals surface area (Å²) in [5.41, 5.74) is -0.282. The van der Waals surface area contributed by atoms with E-state index in [2.05, 4.69) is 4.89 Å². The van der Waals surface area contributed by atoms with Gasteiger partial charge in [-0.1, -0.05) is 0 Å². The maximum atomic E-state index is 10.7. The highest BCUT2D eigenvalue weighted by atomic mass is 24.3. The second kappa shape index (κ2) is 4.89. The Morgan fingerprint density at radius 3 is 1.93 bits per heavy atom. The summed E-state index contributed by atoms with van der Waals surface area (Å²) in [6.07, 6.45) is 0. The Kier molecular flexibility index (Phi) is 4.48. The van der Waals surface area contributed by atoms with Gasteiger partial charge in [0.2, 0.25) is 0 Å². The summed E-state index contributed by atoms with van der Waals surface area (Å²) in [6, 6.07) is 1.68. The zero-order valence-corrected chi connectivity index (χ0v) is 6.26. The molecule has 0 fully saturated rings. The van der Waals surface area contributed by atoms with E-state index in [0.29, 0.717) is 0 Å². The maximum absolute atomic E-state index is 10.7. The SMILES string of the molecule is O=C(OO)c1cc(O)c(O)c(O)c1.[MgH2]. The summed E-state index contributed by atoms with van der Waals surface area (Å²) in [4.78, 5) is 14.0. The van der Waals surface area contributed by atoms with Crippen LogP contribution < -0.4 is 0 Å². The van der Waals surface area contributed by atoms with E-state index in [4.69, 9.17) is 20.6 Å². The molecule has 14 heavy (non-hydrogen) atoms. The van der Waals surface area contributed by atoms with Gasteiger partial charge in [0, 0.05) is 0 Å². The zero-order chi connectivity index (χ0) is 10.0. The van der Waals surface area contributed by atoms with Crippen LogP contribution in [-0.2, 0) is 4.89 Å². The van der Waals surface area contributed by atoms with Crippen molar-refractivity contribution in [1.29, 1.82) is 0 Å². The first-order valence-electron chi connectivity index (χ1n) is 3.17. The van der Waals surface area contributed by atoms with Gasteiger partial charge >= 0.3 is 29.0 Å². The number of rotatable bonds is 1. The summed E-state index contributed by atoms with van der Waals surface area (Å²) >= 11 is 0. The van der Waals surface area contributed by atoms with E-state index < -0.39 is 23.2 Å². The molecule has 1 rings (SSSR count). The number of hydrogen-bond donors (Lipinski definition) is 4. The number of phenolic OH excluding ortho intramolecular Hbond substituents is 3. The third-order valence-electron chi connectivity index (χ3n) is 1.39. The van der Waals surface area contributed by atoms with Crippen LogP contribution >= 0.6 is 0 Å². The smallest absolute Gasteiger partial charge is 0.373 e. The van der Waals surface area contributed by atoms with Gasteiger partial charge in [-0.25, -0.2) is 4.79 Å². The fraction of sp³-hybridized carbons (Fsp3) is 0. The molecule has 0 aromatic heterocycles. The van der Waals surface area contributed by atoms with Gasteiger partial charge < -0.3 is 15.3 Å². The van der Waals surface area contributed by atoms with Gasteiger partial charge in [-0.15, -0.1) is 0 Å². The molecule has 0 spiro atoms. The lowest BCUT2D eigenvalue weighted by molar-refractivity contribution is -0.182. The molecule has 6 nitrogen and oxygen atoms in total. The number of benzene rings is 1. The molecular weight excluding hydrogens is 204 g/mol. The molecule has 1 aromatic carbocycles. The highest BCUT2D eigenvalue weighted by molar-refractivity contribution is 5.90. The quantitative estimate of drug-likeness (QED) is 0.217. The molecular formula is C7H8MgO6. The molecule has 0 aliphatic carbocycles. The van der Waals surface area contributed by atoms with E-state index in [9.17, 15) is 4.79 Å². The predicted molar refractivity (Wildman–Crippen MR) is 48.0 cm³/mol. The minimum Gasteiger partial charge on any atom is -0.504 e. The number of hydrogen-bond acceptors (Lipinski definition) is 6. The van der Waals surface area contributed by atoms with Crippen LogP contribution in [-0.4, -0.2) is 49.6 Å². The molecule has 0 atom stereocenters. The molecule has 7 heteroatoms. The van der Waals surface area contributed by atoms with Gasteiger partial charge in [-0.3, -0.25) is 4.89 Å². The molecule has 4 N–H and O–H groups in total. The van der Waals surface area contributed by atoms with Gasteiger partial charge in [0.25, 0.3) is 0 Å². The first-order valence-corrected chi connectivity index (χ1v) is 3.17. The lowest BCUT2D eigenvalue weighted by Gasteiger charge is -2.02. The largest absolute Gasteiger partial charge is 0.504 e. The number of carbonyl (C=O) groups excluding carboxylic acids is 1. The van der Waals surface area contributed by atoms with Crippen molar-refractivity contribution >= 4 is 29.0 Å². The van der Waals surface area contributed by atoms with Crippen molar-refractivity contribution in [2.45, 2.75) is 0 Å². The molecule has 0 saturated heterocycles. The number of carbonyl (C=O) groups is 1. The van der Waals surface area contributed by atoms with Gasteiger partial charge in [0.05, 0.1) is 5.56 Å². The summed E-state index contributed by atoms with van der Waals surface area (Å²) in [7, 11) is 0. The predicted octanol–water partition coefficient (Wildman–Crippen LogP) is -0.483. The Bertz CT molecular complexity index is 327. The van der Waals surface area contributed by atoms with Crippen molar-refractivity contribution in [3.05, 3.63) is 17.7 Å². The molecule has 0 unspecified atom stereocenters. The average Bonchev–Trinajstić information content (AvgIpc) is 2.12. The third-order valence-corrected chi connectivity index (χ3v) is 1.39. The highest BCUT2D eigenvalue weighted by Gasteiger charge is 2.14. The molecule has 74 valence electrons. The van der Waals surface area contributed by atoms with Crippen LogP contribution in [0.2, 0.25) is 0 Å². The van der Waals surface area contributed by atoms with E-state index in [1.165, 1.54) is 0 Å². The first kappa shape index (κ1) is 12.8. The third kappa shape index (κ3) is 2.41. The Morgan fingerprint density at radius 2 is 1.57 bits per heavy atom. The summed E-state index contributed by atoms with van der Waals surface area (Å²) in [6.45, 7) is 0. The van der Waals surface area contributed by atoms with E-state index in [-0.39, 0.29) is 28.6 Å². The second-order valence-electron chi connectivity index (χ2n) is 2.24. The summed E-state index contributed by atoms with van der Waals surface area (Å²) in [5.74, 6) is -3.25. The van der Waals surface area contributed by atoms with E-state index in [1.807, 2.05) is 0 Å². The maximum Gasteiger partial charge on any atom is 0.373 e. The fourth-order valence-electron chi connectivity index (χ4n) is 0.775. The molecule has 0 bridgehead atoms. The molecule has 0 saturated carbocycles. The van der Waals surface area contributed by atoms with Crippen molar-refractivity contribution in [1.82, 2.24) is 0 Å². The Hall–Kier alpha value is -1.18. The highest BCUT2D eigenvalue weighted by Crippen LogP contribution is 2.35. The lowest BCUT2D eigenvalue weighted by Crippen LogP contribution is -2.00. The average molecular weight is 212 g/mol. The summed E-state index contributed by atoms with van der Waals surface area (Å²) in [5, 5.41) is 34.7. The monoisotopic (exact) mass is 212 g/mol. The zero-order valence-electron chi connectivity index (χ0n) is 6.26. The van der Waals surface area contributed by atoms with Gasteiger partial charge in [-0.05, 0) is 12.1 Å². The molecule has 1 aromatic rings. The molecule has 0 amide bonds. The van der Waals surface area contributed by atoms with E-state index >= 15 is 0 Å². The van der Waals surface area contributed by atoms with Crippen LogP contribution in [0.25, 0.3) is 0 Å². The Labute approximate surface area is 94.4 Å². The van der Waals surface area contributed by atoms with Crippen LogP contribution in [0.4, 0.5) is 0 Å². The topological polar surface area (TPSA) is 107 Å². The number of aromatic hydroxyl groups is 3. The van der Waals surface area contributed by atoms with Crippen molar-refractivity contribution in [3.8, 4) is 17.2 Å². The molecule has 0 aliphatic rings. The van der Waals surface area contributed by atoms with Crippen LogP contribution in [0.3, 0.4) is 0 Å². The fourth-order valence-corrected chi connectivity index (χ4v) is 0.775. The Balaban J connectivity index is 0.00000169. The first-order chi connectivity index (χ1) is 6.06. The van der Waals surface area contributed by atoms with Crippen LogP contribution in [0.1, 0.15) is 10.4 Å². The standard InChI is InChI=1S/C7H6O6.Mg.2H/c8-4-1-3(7(11)13-12)2-5(9)6(4)10;;;/h1-2,8-10,12H;;;. The van der Waals surface area contributed by atoms with Crippen LogP contribution in [0.15, 0.2) is 12.1 Å². The van der Waals surface area contributed by atoms with Crippen molar-refractivity contribution in [3.63, 3.8) is 0 Å². The van der Waals surface area contributed by atoms with Gasteiger partial charge in [-0.2, -0.15) is 5.26 Å². The summed E-state index contributed by atoms with van der Waals surface area (Å²) < 4.78 is 0. The Morgan fingerprint density at radius 1 is 1.14 bits per heavy atom. The van der Waals surface area contributed by atoms with E-state index in [0.717, 1.165) is 12.1 Å². The van der Waals surface area contributed by atoms with Crippen LogP contribution in [0.5, 0.6) is 17.2 Å². The number of phenols is 3. The molecule has 0 radical (unpaired) electrons. The van der Waals surface area contributed by atoms with Crippen LogP contribution in [0, 0.1) is 0 Å². The molecule has 0 heterocycles. The second-order valence-corrected chi connectivity index (χ2v) is 2.24. The molecule has 0 aliphatic heterocycles. The lowest BCUT2D eigenvalue weighted by atomic mass is 10.2.